The van der Waals surface area contributed by atoms with E-state index in [0.29, 0.717) is 5.69 Å². The maximum Gasteiger partial charge on any atom is 0.277 e. The van der Waals surface area contributed by atoms with Gasteiger partial charge in [0.1, 0.15) is 11.4 Å². The molecule has 0 unspecified atom stereocenters. The molecule has 2 N–H and O–H groups in total. The van der Waals surface area contributed by atoms with E-state index in [1.165, 1.54) is 6.08 Å². The van der Waals surface area contributed by atoms with E-state index >= 15 is 0 Å². The van der Waals surface area contributed by atoms with Crippen LogP contribution in [-0.2, 0) is 9.59 Å². The van der Waals surface area contributed by atoms with Crippen LogP contribution in [0.2, 0.25) is 0 Å². The maximum atomic E-state index is 12.2. The highest BCUT2D eigenvalue weighted by Crippen LogP contribution is 2.31. The zero-order chi connectivity index (χ0) is 16.4. The number of methoxy groups -OCH3 is 1. The van der Waals surface area contributed by atoms with E-state index in [9.17, 15) is 9.59 Å². The van der Waals surface area contributed by atoms with Crippen LogP contribution in [0.3, 0.4) is 0 Å². The Bertz CT molecular complexity index is 813. The van der Waals surface area contributed by atoms with Crippen molar-refractivity contribution in [1.29, 1.82) is 0 Å². The molecule has 0 radical (unpaired) electrons. The van der Waals surface area contributed by atoms with Gasteiger partial charge in [-0.15, -0.1) is 0 Å². The first-order chi connectivity index (χ1) is 11.2. The Kier molecular flexibility index (Phi) is 3.99. The minimum absolute atomic E-state index is 0.0112. The van der Waals surface area contributed by atoms with Gasteiger partial charge in [0.25, 0.3) is 11.8 Å². The lowest BCUT2D eigenvalue weighted by Crippen LogP contribution is -2.34. The van der Waals surface area contributed by atoms with Gasteiger partial charge in [0.15, 0.2) is 0 Å². The molecule has 0 atom stereocenters. The average molecular weight is 312 g/mol. The molecule has 1 heterocycles. The number of aliphatic hydroxyl groups is 1. The molecule has 0 spiro atoms. The number of aliphatic hydroxyl groups excluding tert-OH is 1. The van der Waals surface area contributed by atoms with Crippen LogP contribution in [0, 0.1) is 0 Å². The van der Waals surface area contributed by atoms with Crippen molar-refractivity contribution < 1.29 is 19.4 Å². The van der Waals surface area contributed by atoms with Crippen LogP contribution in [0.5, 0.6) is 5.75 Å². The van der Waals surface area contributed by atoms with E-state index in [4.69, 9.17) is 9.84 Å². The van der Waals surface area contributed by atoms with Gasteiger partial charge in [-0.2, -0.15) is 0 Å². The Hall–Kier alpha value is -2.86. The summed E-state index contributed by atoms with van der Waals surface area (Å²) in [5.74, 6) is -0.135. The van der Waals surface area contributed by atoms with Gasteiger partial charge in [0.2, 0.25) is 0 Å². The number of amides is 2. The number of carbonyl (C=O) groups is 2. The fourth-order valence-electron chi connectivity index (χ4n) is 2.62. The Labute approximate surface area is 133 Å². The first-order valence-corrected chi connectivity index (χ1v) is 7.17. The summed E-state index contributed by atoms with van der Waals surface area (Å²) in [6.07, 6.45) is 1.25. The van der Waals surface area contributed by atoms with Gasteiger partial charge in [-0.1, -0.05) is 24.3 Å². The highest BCUT2D eigenvalue weighted by atomic mass is 16.5. The zero-order valence-corrected chi connectivity index (χ0v) is 12.6. The Morgan fingerprint density at radius 3 is 2.61 bits per heavy atom. The predicted molar refractivity (Wildman–Crippen MR) is 86.0 cm³/mol. The van der Waals surface area contributed by atoms with E-state index in [1.807, 2.05) is 36.4 Å². The summed E-state index contributed by atoms with van der Waals surface area (Å²) in [4.78, 5) is 25.0. The molecule has 2 aromatic rings. The summed E-state index contributed by atoms with van der Waals surface area (Å²) in [5.41, 5.74) is 0.901. The highest BCUT2D eigenvalue weighted by Gasteiger charge is 2.30. The molecule has 0 saturated carbocycles. The van der Waals surface area contributed by atoms with Crippen LogP contribution < -0.4 is 10.1 Å². The van der Waals surface area contributed by atoms with Crippen LogP contribution in [0.4, 0.5) is 5.69 Å². The molecule has 118 valence electrons. The minimum atomic E-state index is -0.441. The lowest BCUT2D eigenvalue weighted by molar-refractivity contribution is -0.137. The summed E-state index contributed by atoms with van der Waals surface area (Å²) in [5, 5.41) is 13.7. The van der Waals surface area contributed by atoms with Crippen LogP contribution in [0.15, 0.2) is 48.2 Å². The predicted octanol–water partition coefficient (Wildman–Crippen LogP) is 1.51. The second-order valence-corrected chi connectivity index (χ2v) is 5.06. The van der Waals surface area contributed by atoms with Gasteiger partial charge in [-0.3, -0.25) is 14.5 Å². The summed E-state index contributed by atoms with van der Waals surface area (Å²) in [7, 11) is 1.60. The fraction of sp³-hybridized carbons (Fsp3) is 0.176. The number of anilines is 1. The average Bonchev–Trinajstić information content (AvgIpc) is 2.82. The molecular weight excluding hydrogens is 296 g/mol. The van der Waals surface area contributed by atoms with Crippen LogP contribution in [0.25, 0.3) is 10.8 Å². The third-order valence-electron chi connectivity index (χ3n) is 3.70. The normalized spacial score (nSPS) is 14.3. The number of carbonyl (C=O) groups excluding carboxylic acids is 2. The molecule has 3 rings (SSSR count). The van der Waals surface area contributed by atoms with E-state index in [1.54, 1.807) is 7.11 Å². The Morgan fingerprint density at radius 1 is 1.13 bits per heavy atom. The number of rotatable bonds is 5. The molecule has 0 aliphatic carbocycles. The largest absolute Gasteiger partial charge is 0.496 e. The quantitative estimate of drug-likeness (QED) is 0.818. The first-order valence-electron chi connectivity index (χ1n) is 7.17. The number of β-amino-alcohol motifs (C(OH)–C–C–N with tert-alkyl or cyclic N) is 1. The summed E-state index contributed by atoms with van der Waals surface area (Å²) in [6.45, 7) is -0.271. The molecule has 0 saturated heterocycles. The van der Waals surface area contributed by atoms with Crippen molar-refractivity contribution in [3.63, 3.8) is 0 Å². The van der Waals surface area contributed by atoms with Gasteiger partial charge in [0, 0.05) is 22.5 Å². The van der Waals surface area contributed by atoms with Crippen molar-refractivity contribution in [2.24, 2.45) is 0 Å². The van der Waals surface area contributed by atoms with Gasteiger partial charge < -0.3 is 15.2 Å². The zero-order valence-electron chi connectivity index (χ0n) is 12.6. The van der Waals surface area contributed by atoms with E-state index < -0.39 is 11.8 Å². The number of fused-ring (bicyclic) bond motifs is 1. The second kappa shape index (κ2) is 6.10. The molecular formula is C17H16N2O4. The highest BCUT2D eigenvalue weighted by molar-refractivity contribution is 6.18. The Balaban J connectivity index is 1.95. The monoisotopic (exact) mass is 312 g/mol. The molecule has 2 amide bonds. The first kappa shape index (κ1) is 15.1. The SMILES string of the molecule is COc1cccc2c(NC3=CC(=O)N(CCO)C3=O)cccc12. The molecule has 2 aromatic carbocycles. The third-order valence-corrected chi connectivity index (χ3v) is 3.70. The fourth-order valence-corrected chi connectivity index (χ4v) is 2.62. The number of hydrogen-bond donors (Lipinski definition) is 2. The van der Waals surface area contributed by atoms with Crippen molar-refractivity contribution in [2.75, 3.05) is 25.6 Å². The van der Waals surface area contributed by atoms with E-state index in [2.05, 4.69) is 5.32 Å². The van der Waals surface area contributed by atoms with Crippen LogP contribution >= 0.6 is 0 Å². The summed E-state index contributed by atoms with van der Waals surface area (Å²) in [6, 6.07) is 11.2. The smallest absolute Gasteiger partial charge is 0.277 e. The number of ether oxygens (including phenoxy) is 1. The van der Waals surface area contributed by atoms with Gasteiger partial charge >= 0.3 is 0 Å². The van der Waals surface area contributed by atoms with Crippen molar-refractivity contribution in [1.82, 2.24) is 4.90 Å². The van der Waals surface area contributed by atoms with Crippen LogP contribution in [-0.4, -0.2) is 42.1 Å². The molecule has 1 aliphatic heterocycles. The number of nitrogens with zero attached hydrogens (tertiary/aromatic N) is 1. The molecule has 1 aliphatic rings. The standard InChI is InChI=1S/C17H16N2O4/c1-23-15-7-3-4-11-12(15)5-2-6-13(11)18-14-10-16(21)19(8-9-20)17(14)22/h2-7,10,18,20H,8-9H2,1H3. The van der Waals surface area contributed by atoms with Crippen molar-refractivity contribution in [3.05, 3.63) is 48.2 Å². The molecule has 23 heavy (non-hydrogen) atoms. The van der Waals surface area contributed by atoms with E-state index in [0.717, 1.165) is 21.4 Å². The number of hydrogen-bond acceptors (Lipinski definition) is 5. The molecule has 6 nitrogen and oxygen atoms in total. The second-order valence-electron chi connectivity index (χ2n) is 5.06. The number of nitrogens with one attached hydrogen (secondary N) is 1. The molecule has 6 heteroatoms. The van der Waals surface area contributed by atoms with Gasteiger partial charge in [-0.05, 0) is 12.1 Å². The molecule has 0 aromatic heterocycles. The van der Waals surface area contributed by atoms with Gasteiger partial charge in [-0.25, -0.2) is 0 Å². The molecule has 0 fully saturated rings. The van der Waals surface area contributed by atoms with Crippen molar-refractivity contribution in [2.45, 2.75) is 0 Å². The van der Waals surface area contributed by atoms with E-state index in [-0.39, 0.29) is 18.8 Å². The van der Waals surface area contributed by atoms with Crippen molar-refractivity contribution in [3.8, 4) is 5.75 Å². The van der Waals surface area contributed by atoms with Crippen molar-refractivity contribution >= 4 is 28.3 Å². The van der Waals surface area contributed by atoms with Crippen LogP contribution in [0.1, 0.15) is 0 Å². The third kappa shape index (κ3) is 2.64. The number of imide groups is 1. The maximum absolute atomic E-state index is 12.2. The van der Waals surface area contributed by atoms with Gasteiger partial charge in [0.05, 0.1) is 20.3 Å². The summed E-state index contributed by atoms with van der Waals surface area (Å²) < 4.78 is 5.34. The molecule has 0 bridgehead atoms. The topological polar surface area (TPSA) is 78.9 Å². The number of benzene rings is 2. The summed E-state index contributed by atoms with van der Waals surface area (Å²) >= 11 is 0. The Morgan fingerprint density at radius 2 is 1.87 bits per heavy atom. The lowest BCUT2D eigenvalue weighted by atomic mass is 10.1. The lowest BCUT2D eigenvalue weighted by Gasteiger charge is -2.14. The minimum Gasteiger partial charge on any atom is -0.496 e.